The van der Waals surface area contributed by atoms with E-state index in [0.29, 0.717) is 13.1 Å². The van der Waals surface area contributed by atoms with Crippen LogP contribution in [0.4, 0.5) is 11.4 Å². The fourth-order valence-corrected chi connectivity index (χ4v) is 3.27. The lowest BCUT2D eigenvalue weighted by Gasteiger charge is -2.30. The molecule has 4 nitrogen and oxygen atoms in total. The fourth-order valence-electron chi connectivity index (χ4n) is 2.78. The van der Waals surface area contributed by atoms with Crippen LogP contribution >= 0.6 is 23.2 Å². The summed E-state index contributed by atoms with van der Waals surface area (Å²) in [5.74, 6) is -0.240. The third-order valence-electron chi connectivity index (χ3n) is 3.97. The largest absolute Gasteiger partial charge is 0.311 e. The maximum absolute atomic E-state index is 12.1. The summed E-state index contributed by atoms with van der Waals surface area (Å²) in [5.41, 5.74) is 1.59. The number of anilines is 2. The van der Waals surface area contributed by atoms with Crippen LogP contribution in [0.15, 0.2) is 35.4 Å². The molecule has 0 aliphatic carbocycles. The van der Waals surface area contributed by atoms with E-state index in [4.69, 9.17) is 23.2 Å². The fraction of sp³-hybridized carbons (Fsp3) is 0.375. The van der Waals surface area contributed by atoms with Crippen LogP contribution in [0.5, 0.6) is 0 Å². The molecule has 1 atom stereocenters. The molecular weight excluding hydrogens is 323 g/mol. The Morgan fingerprint density at radius 3 is 2.32 bits per heavy atom. The van der Waals surface area contributed by atoms with Crippen LogP contribution in [0.3, 0.4) is 0 Å². The Kier molecular flexibility index (Phi) is 4.41. The molecule has 0 N–H and O–H groups in total. The van der Waals surface area contributed by atoms with Crippen LogP contribution in [0, 0.1) is 0 Å². The lowest BCUT2D eigenvalue weighted by molar-refractivity contribution is -0.119. The first kappa shape index (κ1) is 15.4. The average Bonchev–Trinajstić information content (AvgIpc) is 2.53. The number of benzene rings is 1. The summed E-state index contributed by atoms with van der Waals surface area (Å²) in [7, 11) is 0. The van der Waals surface area contributed by atoms with Gasteiger partial charge in [0, 0.05) is 24.5 Å². The number of carbonyl (C=O) groups excluding carboxylic acids is 2. The minimum atomic E-state index is -0.443. The summed E-state index contributed by atoms with van der Waals surface area (Å²) in [6.45, 7) is 1.29. The predicted octanol–water partition coefficient (Wildman–Crippen LogP) is 3.28. The monoisotopic (exact) mass is 338 g/mol. The summed E-state index contributed by atoms with van der Waals surface area (Å²) >= 11 is 11.9. The van der Waals surface area contributed by atoms with Crippen LogP contribution in [-0.4, -0.2) is 30.3 Å². The molecule has 0 radical (unpaired) electrons. The Bertz CT molecular complexity index is 628. The molecule has 0 saturated carbocycles. The Morgan fingerprint density at radius 2 is 1.64 bits per heavy atom. The van der Waals surface area contributed by atoms with Crippen LogP contribution in [0.2, 0.25) is 0 Å². The van der Waals surface area contributed by atoms with Gasteiger partial charge in [0.15, 0.2) is 0 Å². The smallest absolute Gasteiger partial charge is 0.269 e. The number of piperidine rings is 1. The molecule has 2 amide bonds. The second-order valence-corrected chi connectivity index (χ2v) is 6.35. The second-order valence-electron chi connectivity index (χ2n) is 5.41. The first-order valence-electron chi connectivity index (χ1n) is 7.31. The lowest BCUT2D eigenvalue weighted by atomic mass is 10.1. The van der Waals surface area contributed by atoms with E-state index in [1.165, 1.54) is 0 Å². The van der Waals surface area contributed by atoms with Gasteiger partial charge in [-0.05, 0) is 43.5 Å². The number of carbonyl (C=O) groups is 2. The second kappa shape index (κ2) is 6.31. The van der Waals surface area contributed by atoms with Gasteiger partial charge in [-0.2, -0.15) is 0 Å². The first-order chi connectivity index (χ1) is 10.6. The Hall–Kier alpha value is -1.52. The number of amides is 2. The SMILES string of the molecule is O=C1C(Cl)=CCCN1c1ccc(N2CCCC(Cl)C2=O)cc1. The van der Waals surface area contributed by atoms with Gasteiger partial charge >= 0.3 is 0 Å². The van der Waals surface area contributed by atoms with Crippen molar-refractivity contribution in [1.82, 2.24) is 0 Å². The third kappa shape index (κ3) is 2.85. The van der Waals surface area contributed by atoms with Gasteiger partial charge in [0.2, 0.25) is 5.91 Å². The van der Waals surface area contributed by atoms with E-state index < -0.39 is 5.38 Å². The van der Waals surface area contributed by atoms with Gasteiger partial charge in [0.05, 0.1) is 0 Å². The molecule has 1 saturated heterocycles. The number of hydrogen-bond donors (Lipinski definition) is 0. The van der Waals surface area contributed by atoms with Crippen molar-refractivity contribution in [3.63, 3.8) is 0 Å². The standard InChI is InChI=1S/C16H16Cl2N2O2/c17-13-3-1-9-19(15(13)21)11-5-7-12(8-6-11)20-10-2-4-14(18)16(20)22/h3,5-8,14H,1-2,4,9-10H2. The molecule has 2 aliphatic heterocycles. The lowest BCUT2D eigenvalue weighted by Crippen LogP contribution is -2.42. The van der Waals surface area contributed by atoms with Gasteiger partial charge in [-0.15, -0.1) is 11.6 Å². The van der Waals surface area contributed by atoms with Gasteiger partial charge in [-0.3, -0.25) is 9.59 Å². The molecule has 3 rings (SSSR count). The predicted molar refractivity (Wildman–Crippen MR) is 88.6 cm³/mol. The minimum Gasteiger partial charge on any atom is -0.311 e. The Labute approximate surface area is 139 Å². The molecule has 1 fully saturated rings. The molecule has 2 heterocycles. The van der Waals surface area contributed by atoms with E-state index in [0.717, 1.165) is 30.6 Å². The average molecular weight is 339 g/mol. The molecule has 1 aromatic carbocycles. The summed E-state index contributed by atoms with van der Waals surface area (Å²) in [6, 6.07) is 7.38. The molecule has 1 aromatic rings. The summed E-state index contributed by atoms with van der Waals surface area (Å²) in [5, 5.41) is -0.187. The quantitative estimate of drug-likeness (QED) is 0.776. The third-order valence-corrected chi connectivity index (χ3v) is 4.69. The Morgan fingerprint density at radius 1 is 1.00 bits per heavy atom. The highest BCUT2D eigenvalue weighted by Gasteiger charge is 2.28. The van der Waals surface area contributed by atoms with Crippen LogP contribution in [-0.2, 0) is 9.59 Å². The molecule has 22 heavy (non-hydrogen) atoms. The van der Waals surface area contributed by atoms with Crippen molar-refractivity contribution in [3.8, 4) is 0 Å². The minimum absolute atomic E-state index is 0.0549. The number of hydrogen-bond acceptors (Lipinski definition) is 2. The number of rotatable bonds is 2. The molecule has 0 bridgehead atoms. The van der Waals surface area contributed by atoms with Gasteiger partial charge in [0.1, 0.15) is 10.4 Å². The van der Waals surface area contributed by atoms with Crippen molar-refractivity contribution in [2.75, 3.05) is 22.9 Å². The molecular formula is C16H16Cl2N2O2. The zero-order valence-corrected chi connectivity index (χ0v) is 13.5. The van der Waals surface area contributed by atoms with Crippen molar-refractivity contribution in [2.24, 2.45) is 0 Å². The maximum Gasteiger partial charge on any atom is 0.269 e. The zero-order chi connectivity index (χ0) is 15.7. The summed E-state index contributed by atoms with van der Waals surface area (Å²) < 4.78 is 0. The van der Waals surface area contributed by atoms with E-state index in [-0.39, 0.29) is 16.8 Å². The molecule has 0 spiro atoms. The van der Waals surface area contributed by atoms with Crippen LogP contribution in [0.25, 0.3) is 0 Å². The van der Waals surface area contributed by atoms with E-state index in [9.17, 15) is 9.59 Å². The number of halogens is 2. The number of alkyl halides is 1. The number of nitrogens with zero attached hydrogens (tertiary/aromatic N) is 2. The van der Waals surface area contributed by atoms with Crippen molar-refractivity contribution in [2.45, 2.75) is 24.6 Å². The van der Waals surface area contributed by atoms with Crippen molar-refractivity contribution >= 4 is 46.4 Å². The first-order valence-corrected chi connectivity index (χ1v) is 8.12. The normalized spacial score (nSPS) is 22.8. The molecule has 1 unspecified atom stereocenters. The summed E-state index contributed by atoms with van der Waals surface area (Å²) in [6.07, 6.45) is 4.10. The van der Waals surface area contributed by atoms with E-state index >= 15 is 0 Å². The molecule has 2 aliphatic rings. The topological polar surface area (TPSA) is 40.6 Å². The highest BCUT2D eigenvalue weighted by molar-refractivity contribution is 6.44. The molecule has 116 valence electrons. The zero-order valence-electron chi connectivity index (χ0n) is 12.0. The van der Waals surface area contributed by atoms with Crippen molar-refractivity contribution in [3.05, 3.63) is 35.4 Å². The van der Waals surface area contributed by atoms with E-state index in [1.54, 1.807) is 15.9 Å². The maximum atomic E-state index is 12.1. The van der Waals surface area contributed by atoms with Gasteiger partial charge in [-0.1, -0.05) is 17.7 Å². The van der Waals surface area contributed by atoms with Crippen LogP contribution in [0.1, 0.15) is 19.3 Å². The highest BCUT2D eigenvalue weighted by Crippen LogP contribution is 2.28. The van der Waals surface area contributed by atoms with Crippen molar-refractivity contribution in [1.29, 1.82) is 0 Å². The summed E-state index contributed by atoms with van der Waals surface area (Å²) in [4.78, 5) is 27.5. The van der Waals surface area contributed by atoms with E-state index in [1.807, 2.05) is 24.3 Å². The highest BCUT2D eigenvalue weighted by atomic mass is 35.5. The van der Waals surface area contributed by atoms with Crippen LogP contribution < -0.4 is 9.80 Å². The Balaban J connectivity index is 1.80. The van der Waals surface area contributed by atoms with E-state index in [2.05, 4.69) is 0 Å². The molecule has 6 heteroatoms. The van der Waals surface area contributed by atoms with Gasteiger partial charge < -0.3 is 9.80 Å². The van der Waals surface area contributed by atoms with Gasteiger partial charge in [-0.25, -0.2) is 0 Å². The van der Waals surface area contributed by atoms with Crippen molar-refractivity contribution < 1.29 is 9.59 Å². The molecule has 0 aromatic heterocycles. The van der Waals surface area contributed by atoms with Gasteiger partial charge in [0.25, 0.3) is 5.91 Å².